The van der Waals surface area contributed by atoms with E-state index < -0.39 is 8.32 Å². The van der Waals surface area contributed by atoms with Gasteiger partial charge in [-0.05, 0) is 43.9 Å². The quantitative estimate of drug-likeness (QED) is 0.752. The van der Waals surface area contributed by atoms with Crippen molar-refractivity contribution in [1.82, 2.24) is 0 Å². The van der Waals surface area contributed by atoms with E-state index in [1.54, 1.807) is 0 Å². The van der Waals surface area contributed by atoms with E-state index in [1.807, 2.05) is 24.3 Å². The Balaban J connectivity index is 0.00000144. The van der Waals surface area contributed by atoms with Crippen molar-refractivity contribution in [2.75, 3.05) is 0 Å². The smallest absolute Gasteiger partial charge is 0.316 e. The Labute approximate surface area is 105 Å². The van der Waals surface area contributed by atoms with Gasteiger partial charge in [0.15, 0.2) is 0 Å². The SMILES string of the molecule is C[Si](C)(C)Oc1ccc(Br)cc1.[MgH2]. The molecule has 0 spiro atoms. The van der Waals surface area contributed by atoms with E-state index in [1.165, 1.54) is 0 Å². The van der Waals surface area contributed by atoms with Crippen LogP contribution in [0.15, 0.2) is 28.7 Å². The first kappa shape index (κ1) is 13.5. The lowest BCUT2D eigenvalue weighted by Gasteiger charge is -2.18. The molecule has 0 aromatic heterocycles. The van der Waals surface area contributed by atoms with Crippen molar-refractivity contribution < 1.29 is 4.43 Å². The minimum Gasteiger partial charge on any atom is -0.544 e. The van der Waals surface area contributed by atoms with E-state index >= 15 is 0 Å². The highest BCUT2D eigenvalue weighted by molar-refractivity contribution is 9.10. The summed E-state index contributed by atoms with van der Waals surface area (Å²) in [5.41, 5.74) is 0. The predicted molar refractivity (Wildman–Crippen MR) is 66.7 cm³/mol. The number of halogens is 1. The second kappa shape index (κ2) is 5.39. The summed E-state index contributed by atoms with van der Waals surface area (Å²) in [6.45, 7) is 6.53. The van der Waals surface area contributed by atoms with Crippen LogP contribution in [-0.4, -0.2) is 31.4 Å². The minimum absolute atomic E-state index is 0. The third kappa shape index (κ3) is 5.72. The highest BCUT2D eigenvalue weighted by atomic mass is 79.9. The summed E-state index contributed by atoms with van der Waals surface area (Å²) in [5, 5.41) is 0. The minimum atomic E-state index is -1.43. The van der Waals surface area contributed by atoms with Gasteiger partial charge in [0.05, 0.1) is 0 Å². The number of hydrogen-bond donors (Lipinski definition) is 0. The zero-order chi connectivity index (χ0) is 9.19. The highest BCUT2D eigenvalue weighted by Gasteiger charge is 2.15. The van der Waals surface area contributed by atoms with Crippen molar-refractivity contribution in [3.63, 3.8) is 0 Å². The topological polar surface area (TPSA) is 9.23 Å². The summed E-state index contributed by atoms with van der Waals surface area (Å²) in [6, 6.07) is 7.97. The van der Waals surface area contributed by atoms with Gasteiger partial charge in [-0.25, -0.2) is 0 Å². The van der Waals surface area contributed by atoms with Gasteiger partial charge >= 0.3 is 23.1 Å². The van der Waals surface area contributed by atoms with E-state index in [9.17, 15) is 0 Å². The fourth-order valence-electron chi connectivity index (χ4n) is 0.856. The molecular formula is C9H15BrMgOSi. The first-order chi connectivity index (χ1) is 5.47. The van der Waals surface area contributed by atoms with E-state index in [4.69, 9.17) is 4.43 Å². The molecule has 4 heteroatoms. The van der Waals surface area contributed by atoms with Crippen LogP contribution in [0.3, 0.4) is 0 Å². The van der Waals surface area contributed by atoms with Gasteiger partial charge in [0.25, 0.3) is 0 Å². The Morgan fingerprint density at radius 3 is 1.92 bits per heavy atom. The molecule has 0 aliphatic carbocycles. The summed E-state index contributed by atoms with van der Waals surface area (Å²) >= 11 is 3.38. The first-order valence-corrected chi connectivity index (χ1v) is 8.12. The summed E-state index contributed by atoms with van der Waals surface area (Å²) < 4.78 is 6.86. The monoisotopic (exact) mass is 270 g/mol. The Bertz CT molecular complexity index is 255. The van der Waals surface area contributed by atoms with Crippen molar-refractivity contribution in [3.05, 3.63) is 28.7 Å². The molecule has 13 heavy (non-hydrogen) atoms. The van der Waals surface area contributed by atoms with Crippen molar-refractivity contribution in [2.45, 2.75) is 19.6 Å². The lowest BCUT2D eigenvalue weighted by molar-refractivity contribution is 0.557. The third-order valence-electron chi connectivity index (χ3n) is 1.24. The maximum Gasteiger partial charge on any atom is 0.316 e. The normalized spacial score (nSPS) is 10.5. The van der Waals surface area contributed by atoms with Crippen LogP contribution in [0.4, 0.5) is 0 Å². The van der Waals surface area contributed by atoms with Gasteiger partial charge < -0.3 is 4.43 Å². The van der Waals surface area contributed by atoms with Crippen LogP contribution in [0.1, 0.15) is 0 Å². The standard InChI is InChI=1S/C9H13BrOSi.Mg.2H/c1-12(2,3)11-9-6-4-8(10)5-7-9;;;/h4-7H,1-3H3;;;. The Morgan fingerprint density at radius 2 is 1.54 bits per heavy atom. The van der Waals surface area contributed by atoms with Crippen LogP contribution < -0.4 is 4.43 Å². The fourth-order valence-corrected chi connectivity index (χ4v) is 1.96. The fraction of sp³-hybridized carbons (Fsp3) is 0.333. The zero-order valence-electron chi connectivity index (χ0n) is 7.60. The van der Waals surface area contributed by atoms with Gasteiger partial charge in [-0.15, -0.1) is 0 Å². The first-order valence-electron chi connectivity index (χ1n) is 3.92. The van der Waals surface area contributed by atoms with E-state index in [0.717, 1.165) is 10.2 Å². The maximum absolute atomic E-state index is 5.77. The van der Waals surface area contributed by atoms with Gasteiger partial charge in [0.2, 0.25) is 8.32 Å². The summed E-state index contributed by atoms with van der Waals surface area (Å²) in [4.78, 5) is 0. The molecule has 0 radical (unpaired) electrons. The Hall–Kier alpha value is 0.483. The molecule has 0 amide bonds. The Morgan fingerprint density at radius 1 is 1.08 bits per heavy atom. The van der Waals surface area contributed by atoms with Crippen LogP contribution >= 0.6 is 15.9 Å². The van der Waals surface area contributed by atoms with Crippen molar-refractivity contribution in [3.8, 4) is 5.75 Å². The zero-order valence-corrected chi connectivity index (χ0v) is 10.2. The molecule has 0 N–H and O–H groups in total. The molecule has 0 aliphatic rings. The molecule has 1 aromatic rings. The molecule has 1 nitrogen and oxygen atoms in total. The molecule has 0 bridgehead atoms. The van der Waals surface area contributed by atoms with Crippen molar-refractivity contribution >= 4 is 47.3 Å². The molecule has 0 aliphatic heterocycles. The van der Waals surface area contributed by atoms with Crippen LogP contribution in [-0.2, 0) is 0 Å². The largest absolute Gasteiger partial charge is 0.544 e. The van der Waals surface area contributed by atoms with E-state index in [2.05, 4.69) is 35.6 Å². The molecule has 0 atom stereocenters. The van der Waals surface area contributed by atoms with Gasteiger partial charge in [-0.1, -0.05) is 15.9 Å². The maximum atomic E-state index is 5.77. The van der Waals surface area contributed by atoms with Gasteiger partial charge in [-0.2, -0.15) is 0 Å². The lowest BCUT2D eigenvalue weighted by Crippen LogP contribution is -2.29. The lowest BCUT2D eigenvalue weighted by atomic mass is 10.3. The third-order valence-corrected chi connectivity index (χ3v) is 2.61. The van der Waals surface area contributed by atoms with E-state index in [0.29, 0.717) is 0 Å². The summed E-state index contributed by atoms with van der Waals surface area (Å²) in [6.07, 6.45) is 0. The molecule has 1 aromatic carbocycles. The second-order valence-corrected chi connectivity index (χ2v) is 9.01. The van der Waals surface area contributed by atoms with E-state index in [-0.39, 0.29) is 23.1 Å². The van der Waals surface area contributed by atoms with Gasteiger partial charge in [0.1, 0.15) is 5.75 Å². The molecule has 0 saturated heterocycles. The second-order valence-electron chi connectivity index (χ2n) is 3.67. The summed E-state index contributed by atoms with van der Waals surface area (Å²) in [5.74, 6) is 0.970. The number of rotatable bonds is 2. The number of hydrogen-bond acceptors (Lipinski definition) is 1. The average molecular weight is 272 g/mol. The van der Waals surface area contributed by atoms with Crippen LogP contribution in [0.5, 0.6) is 5.75 Å². The molecule has 0 unspecified atom stereocenters. The van der Waals surface area contributed by atoms with Crippen LogP contribution in [0.25, 0.3) is 0 Å². The summed E-state index contributed by atoms with van der Waals surface area (Å²) in [7, 11) is -1.43. The average Bonchev–Trinajstić information content (AvgIpc) is 1.91. The van der Waals surface area contributed by atoms with Crippen LogP contribution in [0.2, 0.25) is 19.6 Å². The molecule has 1 rings (SSSR count). The van der Waals surface area contributed by atoms with Crippen LogP contribution in [0, 0.1) is 0 Å². The van der Waals surface area contributed by atoms with Gasteiger partial charge in [-0.3, -0.25) is 0 Å². The Kier molecular flexibility index (Phi) is 5.59. The number of benzene rings is 1. The molecular weight excluding hydrogens is 256 g/mol. The molecule has 0 fully saturated rings. The van der Waals surface area contributed by atoms with Crippen molar-refractivity contribution in [1.29, 1.82) is 0 Å². The molecule has 70 valence electrons. The molecule has 0 saturated carbocycles. The highest BCUT2D eigenvalue weighted by Crippen LogP contribution is 2.19. The van der Waals surface area contributed by atoms with Gasteiger partial charge in [0, 0.05) is 4.47 Å². The molecule has 0 heterocycles. The van der Waals surface area contributed by atoms with Crippen molar-refractivity contribution in [2.24, 2.45) is 0 Å². The predicted octanol–water partition coefficient (Wildman–Crippen LogP) is 2.75.